The largest absolute Gasteiger partial charge is 0.393 e. The molecule has 0 aromatic heterocycles. The van der Waals surface area contributed by atoms with Crippen LogP contribution in [0.4, 0.5) is 0 Å². The summed E-state index contributed by atoms with van der Waals surface area (Å²) in [4.78, 5) is 0. The average molecular weight is 173 g/mol. The lowest BCUT2D eigenvalue weighted by atomic mass is 10.1. The third kappa shape index (κ3) is 3.09. The molecule has 1 fully saturated rings. The highest BCUT2D eigenvalue weighted by Gasteiger charge is 2.22. The van der Waals surface area contributed by atoms with Gasteiger partial charge in [-0.3, -0.25) is 0 Å². The van der Waals surface area contributed by atoms with Crippen LogP contribution in [0.25, 0.3) is 0 Å². The molecule has 1 aliphatic rings. The maximum absolute atomic E-state index is 9.02. The van der Waals surface area contributed by atoms with Gasteiger partial charge in [0.15, 0.2) is 0 Å². The van der Waals surface area contributed by atoms with Crippen molar-refractivity contribution in [3.8, 4) is 0 Å². The summed E-state index contributed by atoms with van der Waals surface area (Å²) in [7, 11) is 0. The van der Waals surface area contributed by atoms with Gasteiger partial charge in [0.25, 0.3) is 0 Å². The first-order valence-electron chi connectivity index (χ1n) is 4.73. The van der Waals surface area contributed by atoms with Gasteiger partial charge in [0.05, 0.1) is 12.2 Å². The summed E-state index contributed by atoms with van der Waals surface area (Å²) in [6, 6.07) is 0.490. The van der Waals surface area contributed by atoms with Crippen molar-refractivity contribution < 1.29 is 9.84 Å². The molecular formula is C9H19NO2. The zero-order valence-electron chi connectivity index (χ0n) is 7.92. The summed E-state index contributed by atoms with van der Waals surface area (Å²) in [5, 5.41) is 12.4. The number of nitrogens with one attached hydrogen (secondary N) is 1. The molecule has 2 N–H and O–H groups in total. The fourth-order valence-electron chi connectivity index (χ4n) is 1.48. The Morgan fingerprint density at radius 3 is 2.92 bits per heavy atom. The van der Waals surface area contributed by atoms with Crippen molar-refractivity contribution in [2.24, 2.45) is 0 Å². The maximum atomic E-state index is 9.02. The van der Waals surface area contributed by atoms with Crippen LogP contribution >= 0.6 is 0 Å². The van der Waals surface area contributed by atoms with Gasteiger partial charge in [0.1, 0.15) is 0 Å². The van der Waals surface area contributed by atoms with Crippen LogP contribution in [0.3, 0.4) is 0 Å². The maximum Gasteiger partial charge on any atom is 0.0700 e. The molecular weight excluding hydrogens is 154 g/mol. The summed E-state index contributed by atoms with van der Waals surface area (Å²) < 4.78 is 5.40. The van der Waals surface area contributed by atoms with Gasteiger partial charge >= 0.3 is 0 Å². The molecule has 0 bridgehead atoms. The number of aliphatic hydroxyl groups excluding tert-OH is 1. The molecule has 3 atom stereocenters. The van der Waals surface area contributed by atoms with Crippen LogP contribution in [0.2, 0.25) is 0 Å². The van der Waals surface area contributed by atoms with E-state index in [-0.39, 0.29) is 6.10 Å². The first-order chi connectivity index (χ1) is 5.70. The third-order valence-electron chi connectivity index (χ3n) is 2.34. The molecule has 0 saturated carbocycles. The van der Waals surface area contributed by atoms with Crippen molar-refractivity contribution in [2.45, 2.75) is 44.9 Å². The van der Waals surface area contributed by atoms with Crippen molar-refractivity contribution in [2.75, 3.05) is 13.2 Å². The minimum absolute atomic E-state index is 0.199. The van der Waals surface area contributed by atoms with Crippen LogP contribution in [-0.4, -0.2) is 36.5 Å². The Balaban J connectivity index is 2.06. The van der Waals surface area contributed by atoms with E-state index >= 15 is 0 Å². The lowest BCUT2D eigenvalue weighted by Crippen LogP contribution is -2.36. The van der Waals surface area contributed by atoms with Crippen molar-refractivity contribution in [1.82, 2.24) is 5.32 Å². The normalized spacial score (nSPS) is 32.2. The quantitative estimate of drug-likeness (QED) is 0.651. The first kappa shape index (κ1) is 9.96. The molecule has 0 amide bonds. The van der Waals surface area contributed by atoms with Crippen LogP contribution in [0.15, 0.2) is 0 Å². The highest BCUT2D eigenvalue weighted by Crippen LogP contribution is 2.12. The van der Waals surface area contributed by atoms with Crippen molar-refractivity contribution >= 4 is 0 Å². The standard InChI is InChI=1S/C9H19NO2/c1-7(11)3-5-10-9-4-6-12-8(9)2/h7-11H,3-6H2,1-2H3/t7-,8-,9+/m1/s1. The van der Waals surface area contributed by atoms with E-state index in [0.29, 0.717) is 12.1 Å². The monoisotopic (exact) mass is 173 g/mol. The van der Waals surface area contributed by atoms with E-state index in [1.807, 2.05) is 6.92 Å². The molecule has 0 unspecified atom stereocenters. The van der Waals surface area contributed by atoms with Gasteiger partial charge in [-0.25, -0.2) is 0 Å². The van der Waals surface area contributed by atoms with E-state index < -0.39 is 0 Å². The van der Waals surface area contributed by atoms with Gasteiger partial charge in [-0.1, -0.05) is 0 Å². The van der Waals surface area contributed by atoms with Crippen LogP contribution < -0.4 is 5.32 Å². The van der Waals surface area contributed by atoms with E-state index in [4.69, 9.17) is 9.84 Å². The molecule has 72 valence electrons. The minimum atomic E-state index is -0.199. The molecule has 1 aliphatic heterocycles. The van der Waals surface area contributed by atoms with Gasteiger partial charge < -0.3 is 15.2 Å². The van der Waals surface area contributed by atoms with E-state index in [1.54, 1.807) is 0 Å². The summed E-state index contributed by atoms with van der Waals surface area (Å²) >= 11 is 0. The van der Waals surface area contributed by atoms with E-state index in [9.17, 15) is 0 Å². The molecule has 1 saturated heterocycles. The highest BCUT2D eigenvalue weighted by molar-refractivity contribution is 4.78. The second-order valence-electron chi connectivity index (χ2n) is 3.56. The van der Waals surface area contributed by atoms with Crippen LogP contribution in [-0.2, 0) is 4.74 Å². The zero-order valence-corrected chi connectivity index (χ0v) is 7.92. The van der Waals surface area contributed by atoms with Crippen LogP contribution in [0.1, 0.15) is 26.7 Å². The molecule has 3 nitrogen and oxygen atoms in total. The second-order valence-corrected chi connectivity index (χ2v) is 3.56. The molecule has 0 aliphatic carbocycles. The third-order valence-corrected chi connectivity index (χ3v) is 2.34. The Hall–Kier alpha value is -0.120. The topological polar surface area (TPSA) is 41.5 Å². The number of aliphatic hydroxyl groups is 1. The highest BCUT2D eigenvalue weighted by atomic mass is 16.5. The lowest BCUT2D eigenvalue weighted by Gasteiger charge is -2.16. The fraction of sp³-hybridized carbons (Fsp3) is 1.00. The number of rotatable bonds is 4. The Bertz CT molecular complexity index is 128. The Kier molecular flexibility index (Phi) is 3.98. The first-order valence-corrected chi connectivity index (χ1v) is 4.73. The Morgan fingerprint density at radius 1 is 1.67 bits per heavy atom. The van der Waals surface area contributed by atoms with E-state index in [2.05, 4.69) is 12.2 Å². The molecule has 0 aromatic rings. The average Bonchev–Trinajstić information content (AvgIpc) is 2.36. The van der Waals surface area contributed by atoms with E-state index in [1.165, 1.54) is 0 Å². The molecule has 12 heavy (non-hydrogen) atoms. The molecule has 0 aromatic carbocycles. The lowest BCUT2D eigenvalue weighted by molar-refractivity contribution is 0.111. The molecule has 0 spiro atoms. The summed E-state index contributed by atoms with van der Waals surface area (Å²) in [6.07, 6.45) is 2.05. The van der Waals surface area contributed by atoms with Gasteiger partial charge in [-0.15, -0.1) is 0 Å². The van der Waals surface area contributed by atoms with Crippen molar-refractivity contribution in [1.29, 1.82) is 0 Å². The predicted octanol–water partition coefficient (Wildman–Crippen LogP) is 0.524. The molecule has 0 radical (unpaired) electrons. The smallest absolute Gasteiger partial charge is 0.0700 e. The number of ether oxygens (including phenoxy) is 1. The predicted molar refractivity (Wildman–Crippen MR) is 48.1 cm³/mol. The summed E-state index contributed by atoms with van der Waals surface area (Å²) in [6.45, 7) is 5.66. The van der Waals surface area contributed by atoms with Crippen molar-refractivity contribution in [3.63, 3.8) is 0 Å². The molecule has 1 rings (SSSR count). The Labute approximate surface area is 74.1 Å². The second kappa shape index (κ2) is 4.80. The zero-order chi connectivity index (χ0) is 8.97. The fourth-order valence-corrected chi connectivity index (χ4v) is 1.48. The van der Waals surface area contributed by atoms with Crippen molar-refractivity contribution in [3.05, 3.63) is 0 Å². The Morgan fingerprint density at radius 2 is 2.42 bits per heavy atom. The SMILES string of the molecule is C[C@@H](O)CCN[C@H]1CCO[C@@H]1C. The van der Waals surface area contributed by atoms with Gasteiger partial charge in [0, 0.05) is 12.6 Å². The van der Waals surface area contributed by atoms with Crippen LogP contribution in [0, 0.1) is 0 Å². The van der Waals surface area contributed by atoms with Gasteiger partial charge in [-0.2, -0.15) is 0 Å². The summed E-state index contributed by atoms with van der Waals surface area (Å²) in [5.41, 5.74) is 0. The van der Waals surface area contributed by atoms with E-state index in [0.717, 1.165) is 26.0 Å². The number of hydrogen-bond donors (Lipinski definition) is 2. The van der Waals surface area contributed by atoms with Gasteiger partial charge in [0.2, 0.25) is 0 Å². The van der Waals surface area contributed by atoms with Gasteiger partial charge in [-0.05, 0) is 33.2 Å². The minimum Gasteiger partial charge on any atom is -0.393 e. The molecule has 1 heterocycles. The van der Waals surface area contributed by atoms with Crippen LogP contribution in [0.5, 0.6) is 0 Å². The number of hydrogen-bond acceptors (Lipinski definition) is 3. The summed E-state index contributed by atoms with van der Waals surface area (Å²) in [5.74, 6) is 0. The molecule has 3 heteroatoms.